The van der Waals surface area contributed by atoms with Crippen molar-refractivity contribution in [2.24, 2.45) is 0 Å². The number of alkyl halides is 1. The van der Waals surface area contributed by atoms with Crippen LogP contribution in [0.1, 0.15) is 16.8 Å². The maximum atomic E-state index is 5.84. The van der Waals surface area contributed by atoms with E-state index in [1.54, 1.807) is 0 Å². The monoisotopic (exact) mass is 325 g/mol. The van der Waals surface area contributed by atoms with E-state index < -0.39 is 0 Å². The first-order valence-electron chi connectivity index (χ1n) is 5.56. The van der Waals surface area contributed by atoms with Gasteiger partial charge in [-0.15, -0.1) is 11.6 Å². The second-order valence-corrected chi connectivity index (χ2v) is 5.28. The Hall–Kier alpha value is -1.06. The molecule has 0 bridgehead atoms. The van der Waals surface area contributed by atoms with Gasteiger partial charge in [0.2, 0.25) is 5.88 Å². The number of benzene rings is 1. The highest BCUT2D eigenvalue weighted by atomic mass is 79.9. The third-order valence-corrected chi connectivity index (χ3v) is 3.30. The summed E-state index contributed by atoms with van der Waals surface area (Å²) < 4.78 is 6.83. The van der Waals surface area contributed by atoms with Crippen molar-refractivity contribution < 1.29 is 4.74 Å². The Bertz CT molecular complexity index is 572. The lowest BCUT2D eigenvalue weighted by molar-refractivity contribution is 0.457. The number of hydrogen-bond donors (Lipinski definition) is 0. The van der Waals surface area contributed by atoms with E-state index in [-0.39, 0.29) is 0 Å². The summed E-state index contributed by atoms with van der Waals surface area (Å²) in [4.78, 5) is 4.35. The topological polar surface area (TPSA) is 22.1 Å². The summed E-state index contributed by atoms with van der Waals surface area (Å²) in [7, 11) is 0. The van der Waals surface area contributed by atoms with Gasteiger partial charge in [0.15, 0.2) is 0 Å². The number of ether oxygens (including phenoxy) is 1. The molecule has 0 N–H and O–H groups in total. The molecule has 0 saturated carbocycles. The summed E-state index contributed by atoms with van der Waals surface area (Å²) >= 11 is 9.26. The molecule has 0 radical (unpaired) electrons. The molecule has 1 heterocycles. The van der Waals surface area contributed by atoms with Gasteiger partial charge in [-0.2, -0.15) is 0 Å². The molecule has 0 aliphatic rings. The van der Waals surface area contributed by atoms with Crippen LogP contribution in [0.5, 0.6) is 11.6 Å². The Morgan fingerprint density at radius 1 is 1.22 bits per heavy atom. The lowest BCUT2D eigenvalue weighted by Gasteiger charge is -2.09. The van der Waals surface area contributed by atoms with Crippen LogP contribution in [0.25, 0.3) is 0 Å². The van der Waals surface area contributed by atoms with Crippen molar-refractivity contribution in [2.75, 3.05) is 0 Å². The van der Waals surface area contributed by atoms with Crippen molar-refractivity contribution in [2.45, 2.75) is 19.7 Å². The molecule has 0 saturated heterocycles. The van der Waals surface area contributed by atoms with E-state index in [2.05, 4.69) is 20.9 Å². The summed E-state index contributed by atoms with van der Waals surface area (Å²) in [6.07, 6.45) is 0. The highest BCUT2D eigenvalue weighted by molar-refractivity contribution is 9.10. The number of halogens is 2. The summed E-state index contributed by atoms with van der Waals surface area (Å²) in [5.41, 5.74) is 2.96. The van der Waals surface area contributed by atoms with E-state index in [0.29, 0.717) is 11.8 Å². The van der Waals surface area contributed by atoms with Crippen LogP contribution in [0.3, 0.4) is 0 Å². The second kappa shape index (κ2) is 5.72. The lowest BCUT2D eigenvalue weighted by Crippen LogP contribution is -1.94. The molecule has 0 atom stereocenters. The number of nitrogens with zero attached hydrogens (tertiary/aromatic N) is 1. The molecule has 2 aromatic rings. The molecule has 0 fully saturated rings. The Morgan fingerprint density at radius 3 is 2.67 bits per heavy atom. The fourth-order valence-corrected chi connectivity index (χ4v) is 2.31. The summed E-state index contributed by atoms with van der Waals surface area (Å²) in [6.45, 7) is 3.93. The van der Waals surface area contributed by atoms with Crippen LogP contribution >= 0.6 is 27.5 Å². The van der Waals surface area contributed by atoms with Crippen molar-refractivity contribution >= 4 is 27.5 Å². The van der Waals surface area contributed by atoms with Crippen LogP contribution in [0.2, 0.25) is 0 Å². The van der Waals surface area contributed by atoms with Crippen molar-refractivity contribution in [3.05, 3.63) is 51.6 Å². The van der Waals surface area contributed by atoms with Gasteiger partial charge in [0.05, 0.1) is 0 Å². The summed E-state index contributed by atoms with van der Waals surface area (Å²) in [5, 5.41) is 0. The van der Waals surface area contributed by atoms with E-state index in [9.17, 15) is 0 Å². The minimum absolute atomic E-state index is 0.457. The molecular weight excluding hydrogens is 314 g/mol. The highest BCUT2D eigenvalue weighted by Crippen LogP contribution is 2.27. The van der Waals surface area contributed by atoms with Gasteiger partial charge in [-0.3, -0.25) is 0 Å². The maximum absolute atomic E-state index is 5.84. The molecule has 0 aliphatic heterocycles. The van der Waals surface area contributed by atoms with Gasteiger partial charge in [0.1, 0.15) is 5.75 Å². The average Bonchev–Trinajstić information content (AvgIpc) is 2.32. The molecule has 1 aromatic carbocycles. The summed E-state index contributed by atoms with van der Waals surface area (Å²) in [6, 6.07) is 9.69. The molecule has 0 aliphatic carbocycles. The zero-order valence-corrected chi connectivity index (χ0v) is 12.5. The predicted molar refractivity (Wildman–Crippen MR) is 77.5 cm³/mol. The van der Waals surface area contributed by atoms with Crippen LogP contribution in [-0.2, 0) is 5.88 Å². The number of pyridine rings is 1. The molecule has 0 amide bonds. The van der Waals surface area contributed by atoms with E-state index in [1.165, 1.54) is 0 Å². The highest BCUT2D eigenvalue weighted by Gasteiger charge is 2.05. The second-order valence-electron chi connectivity index (χ2n) is 4.10. The zero-order chi connectivity index (χ0) is 13.1. The van der Waals surface area contributed by atoms with Gasteiger partial charge >= 0.3 is 0 Å². The fourth-order valence-electron chi connectivity index (χ4n) is 1.68. The van der Waals surface area contributed by atoms with Crippen LogP contribution in [0.4, 0.5) is 0 Å². The van der Waals surface area contributed by atoms with Gasteiger partial charge in [-0.05, 0) is 49.2 Å². The number of rotatable bonds is 3. The van der Waals surface area contributed by atoms with Crippen LogP contribution in [0, 0.1) is 13.8 Å². The normalized spacial score (nSPS) is 10.4. The minimum atomic E-state index is 0.457. The van der Waals surface area contributed by atoms with Gasteiger partial charge in [-0.1, -0.05) is 15.9 Å². The molecule has 4 heteroatoms. The Labute approximate surface area is 120 Å². The first kappa shape index (κ1) is 13.4. The molecule has 1 aromatic heterocycles. The molecule has 94 valence electrons. The molecule has 18 heavy (non-hydrogen) atoms. The third kappa shape index (κ3) is 3.24. The standard InChI is InChI=1S/C14H13BrClNO/c1-9-5-12(15)3-4-13(9)18-14-7-11(8-16)6-10(2)17-14/h3-7H,8H2,1-2H3. The first-order chi connectivity index (χ1) is 8.58. The minimum Gasteiger partial charge on any atom is -0.439 e. The van der Waals surface area contributed by atoms with Gasteiger partial charge < -0.3 is 4.74 Å². The lowest BCUT2D eigenvalue weighted by atomic mass is 10.2. The Morgan fingerprint density at radius 2 is 2.00 bits per heavy atom. The SMILES string of the molecule is Cc1cc(CCl)cc(Oc2ccc(Br)cc2C)n1. The zero-order valence-electron chi connectivity index (χ0n) is 10.2. The van der Waals surface area contributed by atoms with E-state index in [0.717, 1.165) is 27.0 Å². The van der Waals surface area contributed by atoms with Crippen LogP contribution in [0.15, 0.2) is 34.8 Å². The van der Waals surface area contributed by atoms with Crippen molar-refractivity contribution in [3.63, 3.8) is 0 Å². The first-order valence-corrected chi connectivity index (χ1v) is 6.89. The van der Waals surface area contributed by atoms with Crippen LogP contribution in [-0.4, -0.2) is 4.98 Å². The largest absolute Gasteiger partial charge is 0.439 e. The van der Waals surface area contributed by atoms with Crippen LogP contribution < -0.4 is 4.74 Å². The molecule has 2 rings (SSSR count). The Balaban J connectivity index is 2.30. The molecule has 0 unspecified atom stereocenters. The van der Waals surface area contributed by atoms with Gasteiger partial charge in [0, 0.05) is 22.1 Å². The van der Waals surface area contributed by atoms with Gasteiger partial charge in [-0.25, -0.2) is 4.98 Å². The van der Waals surface area contributed by atoms with Crippen molar-refractivity contribution in [1.29, 1.82) is 0 Å². The average molecular weight is 327 g/mol. The molecule has 0 spiro atoms. The predicted octanol–water partition coefficient (Wildman–Crippen LogP) is 4.99. The smallest absolute Gasteiger partial charge is 0.219 e. The quantitative estimate of drug-likeness (QED) is 0.741. The molecule has 2 nitrogen and oxygen atoms in total. The Kier molecular flexibility index (Phi) is 4.25. The van der Waals surface area contributed by atoms with E-state index in [1.807, 2.05) is 44.2 Å². The van der Waals surface area contributed by atoms with Gasteiger partial charge in [0.25, 0.3) is 0 Å². The summed E-state index contributed by atoms with van der Waals surface area (Å²) in [5.74, 6) is 1.84. The number of aryl methyl sites for hydroxylation is 2. The third-order valence-electron chi connectivity index (χ3n) is 2.50. The van der Waals surface area contributed by atoms with E-state index in [4.69, 9.17) is 16.3 Å². The van der Waals surface area contributed by atoms with Crippen molar-refractivity contribution in [3.8, 4) is 11.6 Å². The number of hydrogen-bond acceptors (Lipinski definition) is 2. The fraction of sp³-hybridized carbons (Fsp3) is 0.214. The number of aromatic nitrogens is 1. The molecular formula is C14H13BrClNO. The van der Waals surface area contributed by atoms with E-state index >= 15 is 0 Å². The maximum Gasteiger partial charge on any atom is 0.219 e. The van der Waals surface area contributed by atoms with Crippen molar-refractivity contribution in [1.82, 2.24) is 4.98 Å².